The highest BCUT2D eigenvalue weighted by Crippen LogP contribution is 2.40. The van der Waals surface area contributed by atoms with E-state index in [9.17, 15) is 9.65 Å². The second-order valence-electron chi connectivity index (χ2n) is 8.88. The zero-order valence-corrected chi connectivity index (χ0v) is 21.9. The van der Waals surface area contributed by atoms with Gasteiger partial charge in [-0.15, -0.1) is 0 Å². The van der Waals surface area contributed by atoms with Crippen LogP contribution in [0.4, 0.5) is 4.39 Å². The van der Waals surface area contributed by atoms with Crippen LogP contribution in [0, 0.1) is 17.2 Å². The summed E-state index contributed by atoms with van der Waals surface area (Å²) in [4.78, 5) is 2.12. The van der Waals surface area contributed by atoms with E-state index >= 15 is 0 Å². The van der Waals surface area contributed by atoms with Crippen molar-refractivity contribution in [2.45, 2.75) is 38.5 Å². The van der Waals surface area contributed by atoms with Gasteiger partial charge in [-0.1, -0.05) is 26.0 Å². The smallest absolute Gasteiger partial charge is 0.161 e. The zero-order chi connectivity index (χ0) is 25.8. The van der Waals surface area contributed by atoms with Gasteiger partial charge in [-0.2, -0.15) is 5.26 Å². The first kappa shape index (κ1) is 28.3. The summed E-state index contributed by atoms with van der Waals surface area (Å²) in [5, 5.41) is 10.3. The van der Waals surface area contributed by atoms with Gasteiger partial charge < -0.3 is 23.8 Å². The summed E-state index contributed by atoms with van der Waals surface area (Å²) in [6.45, 7) is 5.52. The van der Waals surface area contributed by atoms with Crippen LogP contribution in [0.1, 0.15) is 37.8 Å². The Hall–Kier alpha value is -2.98. The van der Waals surface area contributed by atoms with Crippen LogP contribution in [-0.2, 0) is 11.8 Å². The first-order valence-electron chi connectivity index (χ1n) is 12.0. The highest BCUT2D eigenvalue weighted by molar-refractivity contribution is 5.47. The highest BCUT2D eigenvalue weighted by atomic mass is 19.1. The predicted octanol–water partition coefficient (Wildman–Crippen LogP) is 5.43. The summed E-state index contributed by atoms with van der Waals surface area (Å²) in [6, 6.07) is 14.1. The molecule has 0 saturated carbocycles. The summed E-state index contributed by atoms with van der Waals surface area (Å²) >= 11 is 0. The predicted molar refractivity (Wildman–Crippen MR) is 137 cm³/mol. The first-order chi connectivity index (χ1) is 16.9. The summed E-state index contributed by atoms with van der Waals surface area (Å²) in [6.07, 6.45) is 2.20. The molecule has 1 atom stereocenters. The number of halogens is 1. The van der Waals surface area contributed by atoms with Crippen LogP contribution in [0.25, 0.3) is 0 Å². The maximum atomic E-state index is 13.3. The van der Waals surface area contributed by atoms with Crippen molar-refractivity contribution in [2.75, 3.05) is 54.7 Å². The Balaban J connectivity index is 2.11. The maximum Gasteiger partial charge on any atom is 0.161 e. The van der Waals surface area contributed by atoms with Crippen molar-refractivity contribution in [3.63, 3.8) is 0 Å². The highest BCUT2D eigenvalue weighted by Gasteiger charge is 2.36. The second kappa shape index (κ2) is 13.8. The number of rotatable bonds is 15. The van der Waals surface area contributed by atoms with Gasteiger partial charge in [0.15, 0.2) is 23.0 Å². The lowest BCUT2D eigenvalue weighted by molar-refractivity contribution is 0.233. The molecule has 0 heterocycles. The molecule has 0 aliphatic carbocycles. The number of hydrogen-bond donors (Lipinski definition) is 0. The molecule has 0 saturated heterocycles. The average Bonchev–Trinajstić information content (AvgIpc) is 2.88. The van der Waals surface area contributed by atoms with Crippen LogP contribution in [0.15, 0.2) is 36.4 Å². The third-order valence-electron chi connectivity index (χ3n) is 6.69. The molecule has 35 heavy (non-hydrogen) atoms. The fourth-order valence-electron chi connectivity index (χ4n) is 4.49. The fraction of sp³-hybridized carbons (Fsp3) is 0.536. The average molecular weight is 487 g/mol. The number of alkyl halides is 1. The van der Waals surface area contributed by atoms with E-state index in [4.69, 9.17) is 18.9 Å². The van der Waals surface area contributed by atoms with Gasteiger partial charge in [0.1, 0.15) is 6.67 Å². The largest absolute Gasteiger partial charge is 0.493 e. The van der Waals surface area contributed by atoms with Gasteiger partial charge in [-0.25, -0.2) is 4.39 Å². The Bertz CT molecular complexity index is 976. The van der Waals surface area contributed by atoms with Crippen LogP contribution in [0.5, 0.6) is 23.0 Å². The summed E-state index contributed by atoms with van der Waals surface area (Å²) in [5.41, 5.74) is 1.34. The van der Waals surface area contributed by atoms with Crippen molar-refractivity contribution < 1.29 is 23.3 Å². The van der Waals surface area contributed by atoms with Crippen LogP contribution >= 0.6 is 0 Å². The first-order valence-corrected chi connectivity index (χ1v) is 12.0. The third kappa shape index (κ3) is 7.02. The number of hydrogen-bond acceptors (Lipinski definition) is 6. The standard InChI is InChI=1S/C28H39FN2O4/c1-21(2)28(20-30,23-9-11-25(33-4)27(19-23)35-6)13-7-15-31(17-14-29)16-12-22-8-10-24(32-3)26(18-22)34-5/h8-11,18-19,21H,7,12-17H2,1-6H3/t28-/m0/s1. The normalized spacial score (nSPS) is 12.8. The van der Waals surface area contributed by atoms with Crippen molar-refractivity contribution in [1.29, 1.82) is 5.26 Å². The SMILES string of the molecule is COc1ccc(CCN(CCF)CCC[C@@](C#N)(c2ccc(OC)c(OC)c2)C(C)C)cc1OC. The molecule has 7 heteroatoms. The molecule has 0 amide bonds. The monoisotopic (exact) mass is 486 g/mol. The lowest BCUT2D eigenvalue weighted by Gasteiger charge is -2.33. The number of nitriles is 1. The van der Waals surface area contributed by atoms with Gasteiger partial charge in [-0.3, -0.25) is 0 Å². The van der Waals surface area contributed by atoms with Gasteiger partial charge in [0.2, 0.25) is 0 Å². The lowest BCUT2D eigenvalue weighted by Crippen LogP contribution is -2.34. The molecule has 0 spiro atoms. The molecule has 0 aliphatic heterocycles. The molecule has 6 nitrogen and oxygen atoms in total. The minimum atomic E-state index is -0.676. The molecule has 0 radical (unpaired) electrons. The molecule has 0 unspecified atom stereocenters. The van der Waals surface area contributed by atoms with E-state index in [1.54, 1.807) is 28.4 Å². The van der Waals surface area contributed by atoms with E-state index < -0.39 is 12.1 Å². The van der Waals surface area contributed by atoms with Crippen molar-refractivity contribution in [3.05, 3.63) is 47.5 Å². The van der Waals surface area contributed by atoms with Crippen molar-refractivity contribution in [1.82, 2.24) is 4.90 Å². The van der Waals surface area contributed by atoms with E-state index in [1.807, 2.05) is 36.4 Å². The van der Waals surface area contributed by atoms with E-state index in [0.717, 1.165) is 30.5 Å². The van der Waals surface area contributed by atoms with Gasteiger partial charge in [-0.05, 0) is 67.1 Å². The molecule has 0 N–H and O–H groups in total. The Morgan fingerprint density at radius 3 is 2.00 bits per heavy atom. The quantitative estimate of drug-likeness (QED) is 0.334. The van der Waals surface area contributed by atoms with Gasteiger partial charge in [0.25, 0.3) is 0 Å². The van der Waals surface area contributed by atoms with E-state index in [2.05, 4.69) is 24.8 Å². The second-order valence-corrected chi connectivity index (χ2v) is 8.88. The van der Waals surface area contributed by atoms with Crippen LogP contribution in [0.3, 0.4) is 0 Å². The molecule has 0 fully saturated rings. The Morgan fingerprint density at radius 1 is 0.857 bits per heavy atom. The topological polar surface area (TPSA) is 64.0 Å². The number of benzene rings is 2. The number of ether oxygens (including phenoxy) is 4. The zero-order valence-electron chi connectivity index (χ0n) is 21.9. The van der Waals surface area contributed by atoms with Crippen molar-refractivity contribution >= 4 is 0 Å². The molecule has 2 rings (SSSR count). The number of nitrogens with zero attached hydrogens (tertiary/aromatic N) is 2. The van der Waals surface area contributed by atoms with E-state index in [-0.39, 0.29) is 5.92 Å². The molecular formula is C28H39FN2O4. The van der Waals surface area contributed by atoms with Gasteiger partial charge in [0.05, 0.1) is 39.9 Å². The summed E-state index contributed by atoms with van der Waals surface area (Å²) in [5.74, 6) is 2.71. The Morgan fingerprint density at radius 2 is 1.46 bits per heavy atom. The molecule has 192 valence electrons. The van der Waals surface area contributed by atoms with Crippen molar-refractivity contribution in [2.24, 2.45) is 5.92 Å². The Labute approximate surface area is 209 Å². The third-order valence-corrected chi connectivity index (χ3v) is 6.69. The molecule has 2 aromatic carbocycles. The number of methoxy groups -OCH3 is 4. The summed E-state index contributed by atoms with van der Waals surface area (Å²) in [7, 11) is 6.42. The Kier molecular flexibility index (Phi) is 11.1. The van der Waals surface area contributed by atoms with Gasteiger partial charge >= 0.3 is 0 Å². The minimum Gasteiger partial charge on any atom is -0.493 e. The van der Waals surface area contributed by atoms with Gasteiger partial charge in [0, 0.05) is 13.1 Å². The molecule has 0 aliphatic rings. The minimum absolute atomic E-state index is 0.0898. The fourth-order valence-corrected chi connectivity index (χ4v) is 4.49. The van der Waals surface area contributed by atoms with E-state index in [1.165, 1.54) is 0 Å². The molecule has 0 bridgehead atoms. The van der Waals surface area contributed by atoms with Crippen LogP contribution < -0.4 is 18.9 Å². The summed E-state index contributed by atoms with van der Waals surface area (Å²) < 4.78 is 34.8. The van der Waals surface area contributed by atoms with Crippen LogP contribution in [0.2, 0.25) is 0 Å². The molecular weight excluding hydrogens is 447 g/mol. The van der Waals surface area contributed by atoms with Crippen LogP contribution in [-0.4, -0.2) is 59.6 Å². The van der Waals surface area contributed by atoms with Crippen molar-refractivity contribution in [3.8, 4) is 29.1 Å². The lowest BCUT2D eigenvalue weighted by atomic mass is 9.69. The molecule has 2 aromatic rings. The maximum absolute atomic E-state index is 13.3. The van der Waals surface area contributed by atoms with E-state index in [0.29, 0.717) is 42.5 Å². The molecule has 0 aromatic heterocycles.